The maximum atomic E-state index is 8.51. The maximum absolute atomic E-state index is 8.51. The Morgan fingerprint density at radius 2 is 1.57 bits per heavy atom. The molecule has 0 aliphatic carbocycles. The van der Waals surface area contributed by atoms with Crippen molar-refractivity contribution < 1.29 is 10.4 Å². The molecule has 0 saturated heterocycles. The van der Waals surface area contributed by atoms with Gasteiger partial charge in [-0.15, -0.1) is 0 Å². The quantitative estimate of drug-likeness (QED) is 0.283. The summed E-state index contributed by atoms with van der Waals surface area (Å²) >= 11 is 0. The molecule has 14 heavy (non-hydrogen) atoms. The van der Waals surface area contributed by atoms with Crippen LogP contribution in [0.25, 0.3) is 0 Å². The van der Waals surface area contributed by atoms with Crippen LogP contribution in [-0.2, 0) is 0 Å². The molecular formula is C9H11N3O2. The van der Waals surface area contributed by atoms with Gasteiger partial charge in [0.2, 0.25) is 0 Å². The summed E-state index contributed by atoms with van der Waals surface area (Å²) in [4.78, 5) is 0. The maximum Gasteiger partial charge on any atom is 0.170 e. The van der Waals surface area contributed by atoms with Crippen LogP contribution in [-0.4, -0.2) is 22.0 Å². The van der Waals surface area contributed by atoms with Gasteiger partial charge in [0.1, 0.15) is 0 Å². The Morgan fingerprint density at radius 3 is 2.00 bits per heavy atom. The van der Waals surface area contributed by atoms with Crippen LogP contribution in [0.3, 0.4) is 0 Å². The first-order chi connectivity index (χ1) is 6.69. The van der Waals surface area contributed by atoms with Gasteiger partial charge in [0, 0.05) is 5.56 Å². The van der Waals surface area contributed by atoms with Crippen molar-refractivity contribution in [1.82, 2.24) is 0 Å². The van der Waals surface area contributed by atoms with Crippen LogP contribution >= 0.6 is 0 Å². The largest absolute Gasteiger partial charge is 0.411 e. The molecule has 1 rings (SSSR count). The molecule has 0 aliphatic heterocycles. The summed E-state index contributed by atoms with van der Waals surface area (Å²) in [6.45, 7) is 1.68. The van der Waals surface area contributed by atoms with Gasteiger partial charge >= 0.3 is 0 Å². The van der Waals surface area contributed by atoms with Crippen molar-refractivity contribution in [3.05, 3.63) is 35.4 Å². The van der Waals surface area contributed by atoms with E-state index < -0.39 is 0 Å². The number of nitrogens with zero attached hydrogens (tertiary/aromatic N) is 2. The number of hydrogen-bond acceptors (Lipinski definition) is 4. The molecule has 5 nitrogen and oxygen atoms in total. The van der Waals surface area contributed by atoms with Crippen LogP contribution in [0.15, 0.2) is 34.6 Å². The smallest absolute Gasteiger partial charge is 0.170 e. The van der Waals surface area contributed by atoms with Crippen molar-refractivity contribution in [2.75, 3.05) is 0 Å². The van der Waals surface area contributed by atoms with E-state index in [0.29, 0.717) is 11.3 Å². The van der Waals surface area contributed by atoms with Crippen molar-refractivity contribution in [3.8, 4) is 0 Å². The molecule has 0 unspecified atom stereocenters. The van der Waals surface area contributed by atoms with E-state index >= 15 is 0 Å². The van der Waals surface area contributed by atoms with Crippen molar-refractivity contribution >= 4 is 11.5 Å². The van der Waals surface area contributed by atoms with E-state index in [-0.39, 0.29) is 5.84 Å². The molecule has 74 valence electrons. The van der Waals surface area contributed by atoms with Crippen molar-refractivity contribution in [1.29, 1.82) is 0 Å². The summed E-state index contributed by atoms with van der Waals surface area (Å²) in [6.07, 6.45) is 0. The number of hydrogen-bond donors (Lipinski definition) is 3. The van der Waals surface area contributed by atoms with E-state index in [0.717, 1.165) is 5.56 Å². The van der Waals surface area contributed by atoms with E-state index in [2.05, 4.69) is 10.3 Å². The minimum Gasteiger partial charge on any atom is -0.411 e. The third kappa shape index (κ3) is 2.01. The average Bonchev–Trinajstić information content (AvgIpc) is 2.27. The lowest BCUT2D eigenvalue weighted by atomic mass is 10.1. The summed E-state index contributed by atoms with van der Waals surface area (Å²) in [7, 11) is 0. The van der Waals surface area contributed by atoms with Gasteiger partial charge in [0.05, 0.1) is 5.71 Å². The lowest BCUT2D eigenvalue weighted by Crippen LogP contribution is -2.13. The SMILES string of the molecule is CC(=NO)c1ccc(C(N)=NO)cc1. The first-order valence-electron chi connectivity index (χ1n) is 3.96. The number of rotatable bonds is 2. The Labute approximate surface area is 81.2 Å². The highest BCUT2D eigenvalue weighted by Gasteiger charge is 2.00. The zero-order chi connectivity index (χ0) is 10.6. The van der Waals surface area contributed by atoms with Gasteiger partial charge in [-0.1, -0.05) is 34.6 Å². The second-order valence-corrected chi connectivity index (χ2v) is 2.75. The average molecular weight is 193 g/mol. The number of oxime groups is 2. The van der Waals surface area contributed by atoms with Crippen LogP contribution < -0.4 is 5.73 Å². The molecular weight excluding hydrogens is 182 g/mol. The predicted molar refractivity (Wildman–Crippen MR) is 53.0 cm³/mol. The Kier molecular flexibility index (Phi) is 3.06. The minimum absolute atomic E-state index is 0.0511. The van der Waals surface area contributed by atoms with Gasteiger partial charge in [0.15, 0.2) is 5.84 Å². The molecule has 5 heteroatoms. The van der Waals surface area contributed by atoms with E-state index in [4.69, 9.17) is 16.1 Å². The van der Waals surface area contributed by atoms with Crippen LogP contribution in [0.1, 0.15) is 18.1 Å². The normalized spacial score (nSPS) is 12.9. The zero-order valence-corrected chi connectivity index (χ0v) is 7.68. The standard InChI is InChI=1S/C9H11N3O2/c1-6(11-13)7-2-4-8(5-3-7)9(10)12-14/h2-5,13-14H,1H3,(H2,10,12). The molecule has 0 bridgehead atoms. The predicted octanol–water partition coefficient (Wildman–Crippen LogP) is 0.979. The zero-order valence-electron chi connectivity index (χ0n) is 7.68. The van der Waals surface area contributed by atoms with E-state index in [1.807, 2.05) is 0 Å². The number of benzene rings is 1. The number of amidine groups is 1. The summed E-state index contributed by atoms with van der Waals surface area (Å²) in [5.74, 6) is 0.0511. The van der Waals surface area contributed by atoms with Crippen molar-refractivity contribution in [2.24, 2.45) is 16.0 Å². The third-order valence-electron chi connectivity index (χ3n) is 1.86. The minimum atomic E-state index is 0.0511. The summed E-state index contributed by atoms with van der Waals surface area (Å²) in [5.41, 5.74) is 7.28. The van der Waals surface area contributed by atoms with Gasteiger partial charge in [-0.2, -0.15) is 0 Å². The van der Waals surface area contributed by atoms with Gasteiger partial charge in [-0.3, -0.25) is 0 Å². The molecule has 0 heterocycles. The first kappa shape index (κ1) is 10.0. The van der Waals surface area contributed by atoms with Crippen LogP contribution in [0.2, 0.25) is 0 Å². The molecule has 0 atom stereocenters. The molecule has 1 aromatic rings. The monoisotopic (exact) mass is 193 g/mol. The van der Waals surface area contributed by atoms with Gasteiger partial charge in [-0.05, 0) is 12.5 Å². The van der Waals surface area contributed by atoms with E-state index in [9.17, 15) is 0 Å². The van der Waals surface area contributed by atoms with Gasteiger partial charge in [-0.25, -0.2) is 0 Å². The summed E-state index contributed by atoms with van der Waals surface area (Å²) in [5, 5.41) is 22.9. The second-order valence-electron chi connectivity index (χ2n) is 2.75. The number of nitrogens with two attached hydrogens (primary N) is 1. The van der Waals surface area contributed by atoms with Crippen LogP contribution in [0, 0.1) is 0 Å². The molecule has 0 aromatic heterocycles. The highest BCUT2D eigenvalue weighted by atomic mass is 16.4. The third-order valence-corrected chi connectivity index (χ3v) is 1.86. The topological polar surface area (TPSA) is 91.2 Å². The molecule has 1 aromatic carbocycles. The summed E-state index contributed by atoms with van der Waals surface area (Å²) in [6, 6.07) is 6.81. The molecule has 0 saturated carbocycles. The van der Waals surface area contributed by atoms with E-state index in [1.54, 1.807) is 31.2 Å². The molecule has 0 fully saturated rings. The van der Waals surface area contributed by atoms with Crippen molar-refractivity contribution in [2.45, 2.75) is 6.92 Å². The Balaban J connectivity index is 3.01. The Morgan fingerprint density at radius 1 is 1.07 bits per heavy atom. The van der Waals surface area contributed by atoms with Gasteiger partial charge in [0.25, 0.3) is 0 Å². The molecule has 4 N–H and O–H groups in total. The fourth-order valence-corrected chi connectivity index (χ4v) is 0.998. The molecule has 0 spiro atoms. The highest BCUT2D eigenvalue weighted by molar-refractivity contribution is 6.01. The van der Waals surface area contributed by atoms with Gasteiger partial charge < -0.3 is 16.1 Å². The first-order valence-corrected chi connectivity index (χ1v) is 3.96. The molecule has 0 aliphatic rings. The fourth-order valence-electron chi connectivity index (χ4n) is 0.998. The fraction of sp³-hybridized carbons (Fsp3) is 0.111. The van der Waals surface area contributed by atoms with Crippen LogP contribution in [0.4, 0.5) is 0 Å². The lowest BCUT2D eigenvalue weighted by molar-refractivity contribution is 0.318. The Bertz CT molecular complexity index is 331. The van der Waals surface area contributed by atoms with E-state index in [1.165, 1.54) is 0 Å². The Hall–Kier alpha value is -2.04. The molecule has 0 amide bonds. The highest BCUT2D eigenvalue weighted by Crippen LogP contribution is 2.05. The lowest BCUT2D eigenvalue weighted by Gasteiger charge is -2.00. The summed E-state index contributed by atoms with van der Waals surface area (Å²) < 4.78 is 0. The van der Waals surface area contributed by atoms with Crippen molar-refractivity contribution in [3.63, 3.8) is 0 Å². The molecule has 0 radical (unpaired) electrons. The van der Waals surface area contributed by atoms with Crippen LogP contribution in [0.5, 0.6) is 0 Å². The second kappa shape index (κ2) is 4.27.